The summed E-state index contributed by atoms with van der Waals surface area (Å²) in [6, 6.07) is 19.5. The van der Waals surface area contributed by atoms with Crippen molar-refractivity contribution in [3.63, 3.8) is 0 Å². The fraction of sp³-hybridized carbons (Fsp3) is 0.200. The van der Waals surface area contributed by atoms with Crippen LogP contribution in [-0.2, 0) is 14.8 Å². The van der Waals surface area contributed by atoms with Crippen molar-refractivity contribution < 1.29 is 22.7 Å². The molecule has 1 amide bonds. The van der Waals surface area contributed by atoms with Gasteiger partial charge in [-0.2, -0.15) is 5.10 Å². The minimum Gasteiger partial charge on any atom is -0.493 e. The van der Waals surface area contributed by atoms with E-state index in [0.717, 1.165) is 9.87 Å². The first kappa shape index (κ1) is 26.1. The predicted octanol–water partition coefficient (Wildman–Crippen LogP) is 4.48. The molecule has 35 heavy (non-hydrogen) atoms. The molecule has 0 bridgehead atoms. The Kier molecular flexibility index (Phi) is 8.73. The zero-order valence-corrected chi connectivity index (χ0v) is 21.1. The highest BCUT2D eigenvalue weighted by atomic mass is 35.5. The molecule has 0 aliphatic rings. The lowest BCUT2D eigenvalue weighted by atomic mass is 10.1. The summed E-state index contributed by atoms with van der Waals surface area (Å²) in [4.78, 5) is 12.9. The highest BCUT2D eigenvalue weighted by molar-refractivity contribution is 7.92. The van der Waals surface area contributed by atoms with Crippen LogP contribution < -0.4 is 19.2 Å². The Morgan fingerprint density at radius 3 is 2.31 bits per heavy atom. The van der Waals surface area contributed by atoms with Crippen molar-refractivity contribution in [2.45, 2.75) is 18.2 Å². The van der Waals surface area contributed by atoms with Gasteiger partial charge in [0, 0.05) is 10.6 Å². The number of halogens is 1. The van der Waals surface area contributed by atoms with Crippen molar-refractivity contribution >= 4 is 38.9 Å². The van der Waals surface area contributed by atoms with Crippen molar-refractivity contribution in [3.05, 3.63) is 83.4 Å². The number of rotatable bonds is 10. The Morgan fingerprint density at radius 1 is 0.971 bits per heavy atom. The van der Waals surface area contributed by atoms with Crippen molar-refractivity contribution in [1.29, 1.82) is 0 Å². The highest BCUT2D eigenvalue weighted by Gasteiger charge is 2.27. The van der Waals surface area contributed by atoms with E-state index in [-0.39, 0.29) is 10.6 Å². The second-order valence-electron chi connectivity index (χ2n) is 7.32. The van der Waals surface area contributed by atoms with Gasteiger partial charge in [0.25, 0.3) is 15.9 Å². The molecule has 0 aliphatic heterocycles. The van der Waals surface area contributed by atoms with Crippen LogP contribution in [0.25, 0.3) is 0 Å². The summed E-state index contributed by atoms with van der Waals surface area (Å²) >= 11 is 6.09. The molecule has 10 heteroatoms. The summed E-state index contributed by atoms with van der Waals surface area (Å²) in [5.41, 5.74) is 4.05. The molecule has 0 aliphatic carbocycles. The van der Waals surface area contributed by atoms with E-state index in [1.54, 1.807) is 61.7 Å². The fourth-order valence-electron chi connectivity index (χ4n) is 3.33. The third-order valence-electron chi connectivity index (χ3n) is 5.08. The number of hydrogen-bond donors (Lipinski definition) is 1. The van der Waals surface area contributed by atoms with E-state index in [0.29, 0.717) is 28.7 Å². The van der Waals surface area contributed by atoms with Crippen LogP contribution in [0.1, 0.15) is 18.9 Å². The molecule has 3 aromatic carbocycles. The van der Waals surface area contributed by atoms with Crippen LogP contribution >= 0.6 is 11.6 Å². The topological polar surface area (TPSA) is 97.3 Å². The second kappa shape index (κ2) is 11.7. The first-order chi connectivity index (χ1) is 16.8. The number of hydrogen-bond acceptors (Lipinski definition) is 6. The fourth-order valence-corrected chi connectivity index (χ4v) is 4.94. The maximum Gasteiger partial charge on any atom is 0.264 e. The lowest BCUT2D eigenvalue weighted by Crippen LogP contribution is -2.39. The molecule has 0 spiro atoms. The van der Waals surface area contributed by atoms with E-state index in [1.165, 1.54) is 25.3 Å². The molecule has 0 aromatic heterocycles. The maximum atomic E-state index is 13.4. The van der Waals surface area contributed by atoms with Crippen molar-refractivity contribution in [3.8, 4) is 11.5 Å². The van der Waals surface area contributed by atoms with E-state index in [4.69, 9.17) is 21.1 Å². The van der Waals surface area contributed by atoms with E-state index < -0.39 is 22.5 Å². The van der Waals surface area contributed by atoms with Crippen LogP contribution in [0.15, 0.2) is 82.8 Å². The molecule has 184 valence electrons. The van der Waals surface area contributed by atoms with E-state index in [1.807, 2.05) is 6.92 Å². The molecule has 0 radical (unpaired) electrons. The van der Waals surface area contributed by atoms with Crippen LogP contribution in [0.3, 0.4) is 0 Å². The molecular formula is C25H26ClN3O5S. The predicted molar refractivity (Wildman–Crippen MR) is 137 cm³/mol. The summed E-state index contributed by atoms with van der Waals surface area (Å²) in [7, 11) is -0.969. The number of carbonyl (C=O) groups is 1. The second-order valence-corrected chi connectivity index (χ2v) is 9.62. The van der Waals surface area contributed by atoms with Gasteiger partial charge in [0.05, 0.1) is 30.5 Å². The van der Waals surface area contributed by atoms with Gasteiger partial charge in [-0.3, -0.25) is 9.10 Å². The molecule has 8 nitrogen and oxygen atoms in total. The van der Waals surface area contributed by atoms with E-state index in [9.17, 15) is 13.2 Å². The van der Waals surface area contributed by atoms with Crippen LogP contribution in [0.4, 0.5) is 5.69 Å². The minimum absolute atomic E-state index is 0.0517. The zero-order chi connectivity index (χ0) is 25.4. The van der Waals surface area contributed by atoms with Crippen LogP contribution in [0, 0.1) is 0 Å². The molecule has 0 fully saturated rings. The van der Waals surface area contributed by atoms with Crippen molar-refractivity contribution in [2.75, 3.05) is 25.1 Å². The quantitative estimate of drug-likeness (QED) is 0.317. The number of nitrogens with zero attached hydrogens (tertiary/aromatic N) is 2. The summed E-state index contributed by atoms with van der Waals surface area (Å²) in [6.07, 6.45) is 0.510. The van der Waals surface area contributed by atoms with E-state index >= 15 is 0 Å². The number of anilines is 1. The molecule has 0 saturated heterocycles. The Balaban J connectivity index is 1.88. The van der Waals surface area contributed by atoms with Gasteiger partial charge in [0.15, 0.2) is 11.5 Å². The van der Waals surface area contributed by atoms with Crippen LogP contribution in [0.2, 0.25) is 5.02 Å². The number of benzene rings is 3. The van der Waals surface area contributed by atoms with Gasteiger partial charge < -0.3 is 9.47 Å². The monoisotopic (exact) mass is 515 g/mol. The lowest BCUT2D eigenvalue weighted by Gasteiger charge is -2.24. The average Bonchev–Trinajstić information content (AvgIpc) is 2.87. The van der Waals surface area contributed by atoms with Gasteiger partial charge in [0.1, 0.15) is 6.54 Å². The molecule has 0 atom stereocenters. The maximum absolute atomic E-state index is 13.4. The van der Waals surface area contributed by atoms with Gasteiger partial charge >= 0.3 is 0 Å². The van der Waals surface area contributed by atoms with E-state index in [2.05, 4.69) is 10.5 Å². The zero-order valence-electron chi connectivity index (χ0n) is 19.6. The minimum atomic E-state index is -4.04. The summed E-state index contributed by atoms with van der Waals surface area (Å²) in [5, 5.41) is 4.58. The normalized spacial score (nSPS) is 11.6. The molecule has 3 rings (SSSR count). The Morgan fingerprint density at radius 2 is 1.69 bits per heavy atom. The van der Waals surface area contributed by atoms with Crippen molar-refractivity contribution in [2.24, 2.45) is 5.10 Å². The number of methoxy groups -OCH3 is 2. The number of ether oxygens (including phenoxy) is 2. The number of carbonyl (C=O) groups excluding carboxylic acids is 1. The molecule has 1 N–H and O–H groups in total. The largest absolute Gasteiger partial charge is 0.493 e. The standard InChI is InChI=1S/C25H26ClN3O5S/c1-4-22(18-13-14-23(33-2)24(15-18)34-3)27-28-25(30)17-29(20-10-8-9-19(26)16-20)35(31,32)21-11-6-5-7-12-21/h5-16H,4,17H2,1-3H3,(H,28,30)/b27-22-. The summed E-state index contributed by atoms with van der Waals surface area (Å²) < 4.78 is 38.3. The smallest absolute Gasteiger partial charge is 0.264 e. The molecule has 3 aromatic rings. The van der Waals surface area contributed by atoms with Crippen molar-refractivity contribution in [1.82, 2.24) is 5.43 Å². The number of sulfonamides is 1. The van der Waals surface area contributed by atoms with Gasteiger partial charge in [-0.05, 0) is 55.0 Å². The number of nitrogens with one attached hydrogen (secondary N) is 1. The molecular weight excluding hydrogens is 490 g/mol. The Labute approximate surface area is 210 Å². The summed E-state index contributed by atoms with van der Waals surface area (Å²) in [6.45, 7) is 1.39. The Bertz CT molecular complexity index is 1310. The lowest BCUT2D eigenvalue weighted by molar-refractivity contribution is -0.119. The molecule has 0 heterocycles. The van der Waals surface area contributed by atoms with Crippen LogP contribution in [0.5, 0.6) is 11.5 Å². The average molecular weight is 516 g/mol. The summed E-state index contributed by atoms with van der Waals surface area (Å²) in [5.74, 6) is 0.480. The SMILES string of the molecule is CC/C(=N/NC(=O)CN(c1cccc(Cl)c1)S(=O)(=O)c1ccccc1)c1ccc(OC)c(OC)c1. The van der Waals surface area contributed by atoms with Gasteiger partial charge in [0.2, 0.25) is 0 Å². The van der Waals surface area contributed by atoms with Gasteiger partial charge in [-0.25, -0.2) is 13.8 Å². The Hall–Kier alpha value is -3.56. The van der Waals surface area contributed by atoms with Crippen LogP contribution in [-0.4, -0.2) is 40.8 Å². The molecule has 0 unspecified atom stereocenters. The first-order valence-corrected chi connectivity index (χ1v) is 12.5. The third-order valence-corrected chi connectivity index (χ3v) is 7.10. The highest BCUT2D eigenvalue weighted by Crippen LogP contribution is 2.28. The van der Waals surface area contributed by atoms with Gasteiger partial charge in [-0.1, -0.05) is 42.8 Å². The first-order valence-electron chi connectivity index (χ1n) is 10.7. The van der Waals surface area contributed by atoms with Gasteiger partial charge in [-0.15, -0.1) is 0 Å². The number of amides is 1. The third kappa shape index (κ3) is 6.32. The molecule has 0 saturated carbocycles. The number of hydrazone groups is 1.